The van der Waals surface area contributed by atoms with E-state index in [0.717, 1.165) is 5.75 Å². The van der Waals surface area contributed by atoms with Crippen molar-refractivity contribution in [2.24, 2.45) is 0 Å². The molecule has 0 atom stereocenters. The van der Waals surface area contributed by atoms with E-state index in [0.29, 0.717) is 12.4 Å². The number of rotatable bonds is 8. The van der Waals surface area contributed by atoms with E-state index >= 15 is 0 Å². The van der Waals surface area contributed by atoms with Crippen molar-refractivity contribution in [1.29, 1.82) is 0 Å². The smallest absolute Gasteiger partial charge is 0.342 e. The van der Waals surface area contributed by atoms with Crippen molar-refractivity contribution in [2.75, 3.05) is 19.8 Å². The van der Waals surface area contributed by atoms with Crippen LogP contribution in [0.25, 0.3) is 0 Å². The van der Waals surface area contributed by atoms with Gasteiger partial charge in [0.2, 0.25) is 5.91 Å². The number of ether oxygens (including phenoxy) is 3. The molecule has 0 spiro atoms. The number of hydrogen-bond donors (Lipinski definition) is 2. The molecule has 142 valence electrons. The summed E-state index contributed by atoms with van der Waals surface area (Å²) in [5, 5.41) is 0. The quantitative estimate of drug-likeness (QED) is 0.413. The minimum Gasteiger partial charge on any atom is -0.490 e. The van der Waals surface area contributed by atoms with Gasteiger partial charge in [-0.05, 0) is 24.3 Å². The Hall–Kier alpha value is -3.55. The van der Waals surface area contributed by atoms with Gasteiger partial charge in [-0.15, -0.1) is 0 Å². The van der Waals surface area contributed by atoms with Gasteiger partial charge in [-0.2, -0.15) is 0 Å². The second-order valence-electron chi connectivity index (χ2n) is 5.31. The molecule has 0 unspecified atom stereocenters. The van der Waals surface area contributed by atoms with Crippen molar-refractivity contribution >= 4 is 17.8 Å². The SMILES string of the molecule is CC(=O)NNC(=O)COC(=O)c1ccccc1OCCOc1ccccc1. The van der Waals surface area contributed by atoms with Crippen LogP contribution in [0, 0.1) is 0 Å². The number of hydrogen-bond acceptors (Lipinski definition) is 6. The maximum Gasteiger partial charge on any atom is 0.342 e. The van der Waals surface area contributed by atoms with Crippen LogP contribution in [0.3, 0.4) is 0 Å². The average Bonchev–Trinajstić information content (AvgIpc) is 2.69. The van der Waals surface area contributed by atoms with Crippen molar-refractivity contribution in [2.45, 2.75) is 6.92 Å². The second kappa shape index (κ2) is 10.4. The highest BCUT2D eigenvalue weighted by atomic mass is 16.5. The third-order valence-electron chi connectivity index (χ3n) is 3.17. The van der Waals surface area contributed by atoms with Crippen LogP contribution in [0.4, 0.5) is 0 Å². The summed E-state index contributed by atoms with van der Waals surface area (Å²) in [6.07, 6.45) is 0. The van der Waals surface area contributed by atoms with Crippen LogP contribution in [0.5, 0.6) is 11.5 Å². The lowest BCUT2D eigenvalue weighted by Gasteiger charge is -2.12. The number of carbonyl (C=O) groups excluding carboxylic acids is 3. The van der Waals surface area contributed by atoms with Gasteiger partial charge >= 0.3 is 5.97 Å². The van der Waals surface area contributed by atoms with E-state index in [-0.39, 0.29) is 12.2 Å². The fourth-order valence-corrected chi connectivity index (χ4v) is 1.99. The van der Waals surface area contributed by atoms with Gasteiger partial charge in [0, 0.05) is 6.92 Å². The molecule has 0 aromatic heterocycles. The largest absolute Gasteiger partial charge is 0.490 e. The van der Waals surface area contributed by atoms with Crippen molar-refractivity contribution < 1.29 is 28.6 Å². The molecule has 8 heteroatoms. The third kappa shape index (κ3) is 7.07. The first-order valence-corrected chi connectivity index (χ1v) is 8.18. The number of esters is 1. The summed E-state index contributed by atoms with van der Waals surface area (Å²) < 4.78 is 16.0. The maximum absolute atomic E-state index is 12.2. The Kier molecular flexibility index (Phi) is 7.65. The monoisotopic (exact) mass is 372 g/mol. The second-order valence-corrected chi connectivity index (χ2v) is 5.31. The lowest BCUT2D eigenvalue weighted by Crippen LogP contribution is -2.42. The summed E-state index contributed by atoms with van der Waals surface area (Å²) in [7, 11) is 0. The summed E-state index contributed by atoms with van der Waals surface area (Å²) >= 11 is 0. The predicted molar refractivity (Wildman–Crippen MR) is 96.1 cm³/mol. The molecule has 8 nitrogen and oxygen atoms in total. The number of para-hydroxylation sites is 2. The fourth-order valence-electron chi connectivity index (χ4n) is 1.99. The number of nitrogens with one attached hydrogen (secondary N) is 2. The van der Waals surface area contributed by atoms with Crippen LogP contribution in [0.15, 0.2) is 54.6 Å². The van der Waals surface area contributed by atoms with Gasteiger partial charge in [0.1, 0.15) is 30.3 Å². The van der Waals surface area contributed by atoms with Gasteiger partial charge in [-0.1, -0.05) is 30.3 Å². The van der Waals surface area contributed by atoms with E-state index in [9.17, 15) is 14.4 Å². The molecule has 2 amide bonds. The number of benzene rings is 2. The van der Waals surface area contributed by atoms with E-state index in [2.05, 4.69) is 10.9 Å². The molecular formula is C19H20N2O6. The Morgan fingerprint density at radius 1 is 0.852 bits per heavy atom. The summed E-state index contributed by atoms with van der Waals surface area (Å²) in [6, 6.07) is 15.8. The molecule has 0 radical (unpaired) electrons. The Bertz CT molecular complexity index is 779. The first-order chi connectivity index (χ1) is 13.1. The molecule has 0 fully saturated rings. The van der Waals surface area contributed by atoms with Gasteiger partial charge in [-0.25, -0.2) is 4.79 Å². The van der Waals surface area contributed by atoms with Crippen molar-refractivity contribution in [3.05, 3.63) is 60.2 Å². The number of hydrazine groups is 1. The van der Waals surface area contributed by atoms with Crippen LogP contribution >= 0.6 is 0 Å². The number of carbonyl (C=O) groups is 3. The summed E-state index contributed by atoms with van der Waals surface area (Å²) in [5.41, 5.74) is 4.38. The van der Waals surface area contributed by atoms with Crippen molar-refractivity contribution in [1.82, 2.24) is 10.9 Å². The normalized spacial score (nSPS) is 9.81. The van der Waals surface area contributed by atoms with Gasteiger partial charge in [0.15, 0.2) is 6.61 Å². The van der Waals surface area contributed by atoms with Crippen LogP contribution in [0.1, 0.15) is 17.3 Å². The van der Waals surface area contributed by atoms with Crippen LogP contribution in [-0.4, -0.2) is 37.6 Å². The molecule has 0 heterocycles. The highest BCUT2D eigenvalue weighted by Gasteiger charge is 2.15. The molecule has 0 aliphatic heterocycles. The van der Waals surface area contributed by atoms with E-state index in [1.165, 1.54) is 13.0 Å². The van der Waals surface area contributed by atoms with Crippen molar-refractivity contribution in [3.8, 4) is 11.5 Å². The topological polar surface area (TPSA) is 103 Å². The van der Waals surface area contributed by atoms with Crippen LogP contribution in [0.2, 0.25) is 0 Å². The summed E-state index contributed by atoms with van der Waals surface area (Å²) in [4.78, 5) is 34.3. The van der Waals surface area contributed by atoms with Crippen LogP contribution < -0.4 is 20.3 Å². The zero-order valence-electron chi connectivity index (χ0n) is 14.8. The number of amides is 2. The minimum atomic E-state index is -0.715. The lowest BCUT2D eigenvalue weighted by molar-refractivity contribution is -0.129. The Morgan fingerprint density at radius 3 is 2.26 bits per heavy atom. The first-order valence-electron chi connectivity index (χ1n) is 8.18. The molecule has 0 aliphatic carbocycles. The molecule has 27 heavy (non-hydrogen) atoms. The van der Waals surface area contributed by atoms with Gasteiger partial charge in [0.25, 0.3) is 5.91 Å². The standard InChI is InChI=1S/C19H20N2O6/c1-14(22)20-21-18(23)13-27-19(24)16-9-5-6-10-17(16)26-12-11-25-15-7-3-2-4-8-15/h2-10H,11-13H2,1H3,(H,20,22)(H,21,23). The third-order valence-corrected chi connectivity index (χ3v) is 3.17. The van der Waals surface area contributed by atoms with Crippen molar-refractivity contribution in [3.63, 3.8) is 0 Å². The Morgan fingerprint density at radius 2 is 1.52 bits per heavy atom. The predicted octanol–water partition coefficient (Wildman–Crippen LogP) is 1.47. The molecule has 0 aliphatic rings. The zero-order chi connectivity index (χ0) is 19.5. The molecule has 2 aromatic rings. The fraction of sp³-hybridized carbons (Fsp3) is 0.211. The van der Waals surface area contributed by atoms with Gasteiger partial charge in [-0.3, -0.25) is 20.4 Å². The molecular weight excluding hydrogens is 352 g/mol. The van der Waals surface area contributed by atoms with E-state index in [4.69, 9.17) is 14.2 Å². The van der Waals surface area contributed by atoms with Crippen LogP contribution in [-0.2, 0) is 14.3 Å². The molecule has 2 aromatic carbocycles. The molecule has 2 N–H and O–H groups in total. The van der Waals surface area contributed by atoms with E-state index in [1.807, 2.05) is 30.3 Å². The van der Waals surface area contributed by atoms with Gasteiger partial charge in [0.05, 0.1) is 0 Å². The average molecular weight is 372 g/mol. The lowest BCUT2D eigenvalue weighted by atomic mass is 10.2. The van der Waals surface area contributed by atoms with E-state index in [1.54, 1.807) is 18.2 Å². The highest BCUT2D eigenvalue weighted by molar-refractivity contribution is 5.94. The maximum atomic E-state index is 12.2. The highest BCUT2D eigenvalue weighted by Crippen LogP contribution is 2.19. The molecule has 0 saturated heterocycles. The van der Waals surface area contributed by atoms with E-state index < -0.39 is 24.4 Å². The first kappa shape index (κ1) is 19.8. The molecule has 2 rings (SSSR count). The van der Waals surface area contributed by atoms with Gasteiger partial charge < -0.3 is 14.2 Å². The Labute approximate surface area is 156 Å². The minimum absolute atomic E-state index is 0.185. The zero-order valence-corrected chi connectivity index (χ0v) is 14.8. The summed E-state index contributed by atoms with van der Waals surface area (Å²) in [6.45, 7) is 1.22. The molecule has 0 saturated carbocycles. The summed E-state index contributed by atoms with van der Waals surface area (Å²) in [5.74, 6) is -0.771. The molecule has 0 bridgehead atoms. The Balaban J connectivity index is 1.82.